The van der Waals surface area contributed by atoms with Crippen LogP contribution in [-0.4, -0.2) is 23.9 Å². The summed E-state index contributed by atoms with van der Waals surface area (Å²) in [5.41, 5.74) is 0. The third-order valence-electron chi connectivity index (χ3n) is 1.81. The fraction of sp³-hybridized carbons (Fsp3) is 1.00. The van der Waals surface area contributed by atoms with Gasteiger partial charge in [0.1, 0.15) is 0 Å². The summed E-state index contributed by atoms with van der Waals surface area (Å²) in [6, 6.07) is 0. The highest BCUT2D eigenvalue weighted by Crippen LogP contribution is 2.25. The second kappa shape index (κ2) is 2.67. The monoisotopic (exact) mass is 130 g/mol. The van der Waals surface area contributed by atoms with Crippen molar-refractivity contribution in [3.8, 4) is 0 Å². The molecule has 2 heteroatoms. The van der Waals surface area contributed by atoms with Gasteiger partial charge in [0.25, 0.3) is 0 Å². The fourth-order valence-corrected chi connectivity index (χ4v) is 1.04. The van der Waals surface area contributed by atoms with E-state index in [4.69, 9.17) is 9.84 Å². The second-order valence-electron chi connectivity index (χ2n) is 2.96. The summed E-state index contributed by atoms with van der Waals surface area (Å²) < 4.78 is 5.30. The van der Waals surface area contributed by atoms with Crippen molar-refractivity contribution in [2.45, 2.75) is 32.5 Å². The molecule has 0 aromatic rings. The molecule has 0 amide bonds. The van der Waals surface area contributed by atoms with E-state index in [1.807, 2.05) is 0 Å². The minimum absolute atomic E-state index is 0.136. The van der Waals surface area contributed by atoms with Crippen LogP contribution in [0.25, 0.3) is 0 Å². The van der Waals surface area contributed by atoms with Gasteiger partial charge in [-0.2, -0.15) is 0 Å². The first-order chi connectivity index (χ1) is 4.24. The van der Waals surface area contributed by atoms with Gasteiger partial charge in [0.2, 0.25) is 0 Å². The Morgan fingerprint density at radius 1 is 1.67 bits per heavy atom. The molecule has 1 heterocycles. The molecule has 0 aromatic heterocycles. The summed E-state index contributed by atoms with van der Waals surface area (Å²) >= 11 is 0. The summed E-state index contributed by atoms with van der Waals surface area (Å²) in [6.07, 6.45) is 1.58. The second-order valence-corrected chi connectivity index (χ2v) is 2.96. The molecule has 0 radical (unpaired) electrons. The highest BCUT2D eigenvalue weighted by Gasteiger charge is 2.31. The van der Waals surface area contributed by atoms with Crippen molar-refractivity contribution in [1.82, 2.24) is 0 Å². The molecule has 0 spiro atoms. The van der Waals surface area contributed by atoms with Crippen LogP contribution in [-0.2, 0) is 4.74 Å². The minimum Gasteiger partial charge on any atom is -0.394 e. The first-order valence-electron chi connectivity index (χ1n) is 3.50. The van der Waals surface area contributed by atoms with Crippen molar-refractivity contribution in [3.63, 3.8) is 0 Å². The van der Waals surface area contributed by atoms with Crippen LogP contribution in [0.2, 0.25) is 0 Å². The predicted octanol–water partition coefficient (Wildman–Crippen LogP) is 0.792. The van der Waals surface area contributed by atoms with E-state index in [1.165, 1.54) is 0 Å². The van der Waals surface area contributed by atoms with Gasteiger partial charge in [0, 0.05) is 6.42 Å². The first-order valence-corrected chi connectivity index (χ1v) is 3.50. The highest BCUT2D eigenvalue weighted by atomic mass is 16.5. The predicted molar refractivity (Wildman–Crippen MR) is 35.2 cm³/mol. The Morgan fingerprint density at radius 3 is 2.56 bits per heavy atom. The van der Waals surface area contributed by atoms with Crippen molar-refractivity contribution < 1.29 is 9.84 Å². The Labute approximate surface area is 55.8 Å². The summed E-state index contributed by atoms with van der Waals surface area (Å²) in [5, 5.41) is 8.56. The quantitative estimate of drug-likeness (QED) is 0.599. The van der Waals surface area contributed by atoms with Gasteiger partial charge in [-0.05, 0) is 5.92 Å². The lowest BCUT2D eigenvalue weighted by atomic mass is 9.95. The standard InChI is InChI=1S/C7H14O2/c1-5(2)7-3-6(4-8)9-7/h5-8H,3-4H2,1-2H3/t6-,7+/m1/s1. The van der Waals surface area contributed by atoms with Crippen LogP contribution in [0.3, 0.4) is 0 Å². The minimum atomic E-state index is 0.136. The van der Waals surface area contributed by atoms with E-state index in [0.717, 1.165) is 6.42 Å². The van der Waals surface area contributed by atoms with Gasteiger partial charge in [0.05, 0.1) is 18.8 Å². The topological polar surface area (TPSA) is 29.5 Å². The molecule has 1 fully saturated rings. The van der Waals surface area contributed by atoms with Gasteiger partial charge < -0.3 is 9.84 Å². The first kappa shape index (κ1) is 7.03. The molecule has 1 rings (SSSR count). The van der Waals surface area contributed by atoms with Gasteiger partial charge >= 0.3 is 0 Å². The molecular weight excluding hydrogens is 116 g/mol. The molecule has 1 saturated heterocycles. The third kappa shape index (κ3) is 1.43. The number of aliphatic hydroxyl groups is 1. The molecule has 0 unspecified atom stereocenters. The van der Waals surface area contributed by atoms with Crippen LogP contribution in [0.15, 0.2) is 0 Å². The number of hydrogen-bond acceptors (Lipinski definition) is 2. The lowest BCUT2D eigenvalue weighted by Gasteiger charge is -2.37. The van der Waals surface area contributed by atoms with Crippen LogP contribution in [0.1, 0.15) is 20.3 Å². The van der Waals surface area contributed by atoms with Crippen molar-refractivity contribution in [1.29, 1.82) is 0 Å². The molecule has 1 aliphatic heterocycles. The van der Waals surface area contributed by atoms with Gasteiger partial charge in [-0.15, -0.1) is 0 Å². The summed E-state index contributed by atoms with van der Waals surface area (Å²) in [6.45, 7) is 4.46. The molecule has 1 N–H and O–H groups in total. The van der Waals surface area contributed by atoms with Gasteiger partial charge in [-0.1, -0.05) is 13.8 Å². The zero-order chi connectivity index (χ0) is 6.85. The van der Waals surface area contributed by atoms with E-state index in [0.29, 0.717) is 12.0 Å². The Bertz CT molecular complexity index is 84.9. The SMILES string of the molecule is CC(C)[C@@H]1C[C@H](CO)O1. The highest BCUT2D eigenvalue weighted by molar-refractivity contribution is 4.78. The molecule has 0 aliphatic carbocycles. The lowest BCUT2D eigenvalue weighted by molar-refractivity contribution is -0.159. The largest absolute Gasteiger partial charge is 0.394 e. The van der Waals surface area contributed by atoms with Gasteiger partial charge in [-0.25, -0.2) is 0 Å². The molecule has 1 aliphatic rings. The molecule has 9 heavy (non-hydrogen) atoms. The van der Waals surface area contributed by atoms with Crippen molar-refractivity contribution in [2.75, 3.05) is 6.61 Å². The van der Waals surface area contributed by atoms with E-state index >= 15 is 0 Å². The maximum absolute atomic E-state index is 8.56. The summed E-state index contributed by atoms with van der Waals surface area (Å²) in [4.78, 5) is 0. The van der Waals surface area contributed by atoms with E-state index in [1.54, 1.807) is 0 Å². The number of aliphatic hydroxyl groups excluding tert-OH is 1. The van der Waals surface area contributed by atoms with E-state index in [9.17, 15) is 0 Å². The molecule has 54 valence electrons. The Balaban J connectivity index is 2.12. The molecule has 2 nitrogen and oxygen atoms in total. The maximum atomic E-state index is 8.56. The fourth-order valence-electron chi connectivity index (χ4n) is 1.04. The molecule has 2 atom stereocenters. The number of ether oxygens (including phenoxy) is 1. The summed E-state index contributed by atoms with van der Waals surface area (Å²) in [7, 11) is 0. The molecular formula is C7H14O2. The van der Waals surface area contributed by atoms with Gasteiger partial charge in [-0.3, -0.25) is 0 Å². The van der Waals surface area contributed by atoms with Crippen molar-refractivity contribution in [2.24, 2.45) is 5.92 Å². The number of hydrogen-bond donors (Lipinski definition) is 1. The average Bonchev–Trinajstić information content (AvgIpc) is 1.61. The normalized spacial score (nSPS) is 34.7. The van der Waals surface area contributed by atoms with Crippen LogP contribution in [0.5, 0.6) is 0 Å². The van der Waals surface area contributed by atoms with E-state index < -0.39 is 0 Å². The number of rotatable bonds is 2. The Hall–Kier alpha value is -0.0800. The maximum Gasteiger partial charge on any atom is 0.0834 e. The van der Waals surface area contributed by atoms with Crippen molar-refractivity contribution in [3.05, 3.63) is 0 Å². The molecule has 0 aromatic carbocycles. The zero-order valence-electron chi connectivity index (χ0n) is 6.00. The smallest absolute Gasteiger partial charge is 0.0834 e. The van der Waals surface area contributed by atoms with E-state index in [2.05, 4.69) is 13.8 Å². The average molecular weight is 130 g/mol. The van der Waals surface area contributed by atoms with Gasteiger partial charge in [0.15, 0.2) is 0 Å². The van der Waals surface area contributed by atoms with E-state index in [-0.39, 0.29) is 12.7 Å². The van der Waals surface area contributed by atoms with Crippen LogP contribution in [0.4, 0.5) is 0 Å². The third-order valence-corrected chi connectivity index (χ3v) is 1.81. The van der Waals surface area contributed by atoms with Crippen LogP contribution >= 0.6 is 0 Å². The zero-order valence-corrected chi connectivity index (χ0v) is 6.00. The van der Waals surface area contributed by atoms with Crippen LogP contribution in [0, 0.1) is 5.92 Å². The Morgan fingerprint density at radius 2 is 2.22 bits per heavy atom. The summed E-state index contributed by atoms with van der Waals surface area (Å²) in [5.74, 6) is 0.604. The molecule has 0 saturated carbocycles. The lowest BCUT2D eigenvalue weighted by Crippen LogP contribution is -2.42. The Kier molecular flexibility index (Phi) is 2.09. The van der Waals surface area contributed by atoms with Crippen LogP contribution < -0.4 is 0 Å². The van der Waals surface area contributed by atoms with Crippen molar-refractivity contribution >= 4 is 0 Å². The molecule has 0 bridgehead atoms.